The second-order valence-corrected chi connectivity index (χ2v) is 5.36. The van der Waals surface area contributed by atoms with Crippen molar-refractivity contribution >= 4 is 27.8 Å². The van der Waals surface area contributed by atoms with Crippen LogP contribution in [0.25, 0.3) is 0 Å². The van der Waals surface area contributed by atoms with E-state index in [9.17, 15) is 9.59 Å². The van der Waals surface area contributed by atoms with Gasteiger partial charge in [-0.3, -0.25) is 9.59 Å². The maximum Gasteiger partial charge on any atom is 0.325 e. The van der Waals surface area contributed by atoms with E-state index in [0.29, 0.717) is 12.1 Å². The van der Waals surface area contributed by atoms with E-state index in [1.165, 1.54) is 4.90 Å². The maximum absolute atomic E-state index is 12.2. The predicted molar refractivity (Wildman–Crippen MR) is 69.2 cm³/mol. The van der Waals surface area contributed by atoms with Gasteiger partial charge in [-0.1, -0.05) is 22.0 Å². The van der Waals surface area contributed by atoms with Gasteiger partial charge in [0.25, 0.3) is 5.91 Å². The van der Waals surface area contributed by atoms with Crippen LogP contribution < -0.4 is 5.73 Å². The number of halogens is 1. The van der Waals surface area contributed by atoms with Gasteiger partial charge in [-0.2, -0.15) is 0 Å². The molecule has 1 heterocycles. The maximum atomic E-state index is 12.2. The molecule has 1 aliphatic heterocycles. The van der Waals surface area contributed by atoms with Crippen LogP contribution in [0, 0.1) is 0 Å². The normalized spacial score (nSPS) is 23.1. The van der Waals surface area contributed by atoms with Crippen molar-refractivity contribution in [3.8, 4) is 0 Å². The molecule has 2 rings (SSSR count). The molecule has 0 saturated carbocycles. The van der Waals surface area contributed by atoms with Crippen LogP contribution in [0.5, 0.6) is 0 Å². The number of aliphatic carboxylic acids is 1. The van der Waals surface area contributed by atoms with Crippen molar-refractivity contribution in [1.29, 1.82) is 0 Å². The lowest BCUT2D eigenvalue weighted by Crippen LogP contribution is -2.50. The number of carbonyl (C=O) groups is 2. The zero-order valence-corrected chi connectivity index (χ0v) is 11.2. The van der Waals surface area contributed by atoms with Crippen LogP contribution in [0.4, 0.5) is 0 Å². The molecule has 18 heavy (non-hydrogen) atoms. The van der Waals surface area contributed by atoms with Crippen LogP contribution in [-0.2, 0) is 4.79 Å². The highest BCUT2D eigenvalue weighted by atomic mass is 79.9. The highest BCUT2D eigenvalue weighted by Crippen LogP contribution is 2.22. The second kappa shape index (κ2) is 4.70. The smallest absolute Gasteiger partial charge is 0.325 e. The Bertz CT molecular complexity index is 506. The lowest BCUT2D eigenvalue weighted by atomic mass is 10.0. The Labute approximate surface area is 113 Å². The molecule has 1 atom stereocenters. The van der Waals surface area contributed by atoms with Crippen LogP contribution >= 0.6 is 15.9 Å². The molecule has 96 valence electrons. The molecular formula is C12H13BrN2O3. The first-order chi connectivity index (χ1) is 8.42. The summed E-state index contributed by atoms with van der Waals surface area (Å²) in [6, 6.07) is 7.00. The van der Waals surface area contributed by atoms with Crippen molar-refractivity contribution in [2.45, 2.75) is 12.0 Å². The van der Waals surface area contributed by atoms with Gasteiger partial charge in [-0.15, -0.1) is 0 Å². The van der Waals surface area contributed by atoms with E-state index in [1.54, 1.807) is 18.2 Å². The number of amides is 1. The summed E-state index contributed by atoms with van der Waals surface area (Å²) in [5.41, 5.74) is 4.94. The molecule has 0 aromatic heterocycles. The average Bonchev–Trinajstić information content (AvgIpc) is 2.72. The zero-order valence-electron chi connectivity index (χ0n) is 9.60. The van der Waals surface area contributed by atoms with E-state index in [2.05, 4.69) is 15.9 Å². The largest absolute Gasteiger partial charge is 0.480 e. The molecule has 1 amide bonds. The molecule has 1 fully saturated rings. The van der Waals surface area contributed by atoms with Gasteiger partial charge in [0.05, 0.1) is 0 Å². The Kier molecular flexibility index (Phi) is 3.41. The Hall–Kier alpha value is -1.40. The first kappa shape index (κ1) is 13.0. The number of carboxylic acids is 1. The number of carboxylic acid groups (broad SMARTS) is 1. The van der Waals surface area contributed by atoms with E-state index >= 15 is 0 Å². The van der Waals surface area contributed by atoms with Crippen molar-refractivity contribution in [3.63, 3.8) is 0 Å². The van der Waals surface area contributed by atoms with Gasteiger partial charge in [0.15, 0.2) is 0 Å². The van der Waals surface area contributed by atoms with E-state index in [-0.39, 0.29) is 18.9 Å². The Morgan fingerprint density at radius 1 is 1.44 bits per heavy atom. The number of carbonyl (C=O) groups excluding carboxylic acids is 1. The van der Waals surface area contributed by atoms with Gasteiger partial charge in [-0.05, 0) is 24.6 Å². The fourth-order valence-electron chi connectivity index (χ4n) is 1.99. The molecule has 6 heteroatoms. The fourth-order valence-corrected chi connectivity index (χ4v) is 2.38. The summed E-state index contributed by atoms with van der Waals surface area (Å²) in [4.78, 5) is 24.7. The van der Waals surface area contributed by atoms with Crippen molar-refractivity contribution in [2.24, 2.45) is 5.73 Å². The number of nitrogens with zero attached hydrogens (tertiary/aromatic N) is 1. The standard InChI is InChI=1S/C12H13BrN2O3/c13-9-3-1-2-8(6-9)10(16)15-5-4-12(14,7-15)11(17)18/h1-3,6H,4-5,7,14H2,(H,17,18). The average molecular weight is 313 g/mol. The van der Waals surface area contributed by atoms with Gasteiger partial charge >= 0.3 is 5.97 Å². The van der Waals surface area contributed by atoms with Gasteiger partial charge in [-0.25, -0.2) is 0 Å². The number of hydrogen-bond acceptors (Lipinski definition) is 3. The number of likely N-dealkylation sites (tertiary alicyclic amines) is 1. The monoisotopic (exact) mass is 312 g/mol. The van der Waals surface area contributed by atoms with Crippen molar-refractivity contribution in [2.75, 3.05) is 13.1 Å². The minimum Gasteiger partial charge on any atom is -0.480 e. The van der Waals surface area contributed by atoms with Crippen LogP contribution in [0.15, 0.2) is 28.7 Å². The van der Waals surface area contributed by atoms with Crippen LogP contribution in [-0.4, -0.2) is 40.5 Å². The molecule has 0 aliphatic carbocycles. The Balaban J connectivity index is 2.15. The van der Waals surface area contributed by atoms with Gasteiger partial charge < -0.3 is 15.7 Å². The molecule has 3 N–H and O–H groups in total. The topological polar surface area (TPSA) is 83.6 Å². The second-order valence-electron chi connectivity index (χ2n) is 4.45. The molecule has 1 aliphatic rings. The van der Waals surface area contributed by atoms with E-state index in [1.807, 2.05) is 6.07 Å². The molecular weight excluding hydrogens is 300 g/mol. The summed E-state index contributed by atoms with van der Waals surface area (Å²) >= 11 is 3.30. The van der Waals surface area contributed by atoms with Crippen molar-refractivity contribution < 1.29 is 14.7 Å². The summed E-state index contributed by atoms with van der Waals surface area (Å²) in [6.07, 6.45) is 0.280. The van der Waals surface area contributed by atoms with Gasteiger partial charge in [0, 0.05) is 23.1 Å². The predicted octanol–water partition coefficient (Wildman–Crippen LogP) is 1.08. The number of rotatable bonds is 2. The summed E-state index contributed by atoms with van der Waals surface area (Å²) in [7, 11) is 0. The van der Waals surface area contributed by atoms with Gasteiger partial charge in [0.2, 0.25) is 0 Å². The fraction of sp³-hybridized carbons (Fsp3) is 0.333. The lowest BCUT2D eigenvalue weighted by molar-refractivity contribution is -0.142. The highest BCUT2D eigenvalue weighted by molar-refractivity contribution is 9.10. The van der Waals surface area contributed by atoms with E-state index in [4.69, 9.17) is 10.8 Å². The molecule has 1 aromatic rings. The third-order valence-corrected chi connectivity index (χ3v) is 3.58. The number of nitrogens with two attached hydrogens (primary N) is 1. The third kappa shape index (κ3) is 2.39. The summed E-state index contributed by atoms with van der Waals surface area (Å²) in [5, 5.41) is 9.02. The van der Waals surface area contributed by atoms with E-state index < -0.39 is 11.5 Å². The summed E-state index contributed by atoms with van der Waals surface area (Å²) < 4.78 is 0.810. The molecule has 0 spiro atoms. The van der Waals surface area contributed by atoms with E-state index in [0.717, 1.165) is 4.47 Å². The van der Waals surface area contributed by atoms with Crippen LogP contribution in [0.3, 0.4) is 0 Å². The van der Waals surface area contributed by atoms with Crippen molar-refractivity contribution in [1.82, 2.24) is 4.90 Å². The summed E-state index contributed by atoms with van der Waals surface area (Å²) in [5.74, 6) is -1.25. The Morgan fingerprint density at radius 3 is 2.72 bits per heavy atom. The first-order valence-electron chi connectivity index (χ1n) is 5.49. The summed E-state index contributed by atoms with van der Waals surface area (Å²) in [6.45, 7) is 0.418. The van der Waals surface area contributed by atoms with Gasteiger partial charge in [0.1, 0.15) is 5.54 Å². The quantitative estimate of drug-likeness (QED) is 0.856. The van der Waals surface area contributed by atoms with Crippen LogP contribution in [0.1, 0.15) is 16.8 Å². The number of benzene rings is 1. The SMILES string of the molecule is NC1(C(=O)O)CCN(C(=O)c2cccc(Br)c2)C1. The molecule has 0 bridgehead atoms. The minimum atomic E-state index is -1.32. The highest BCUT2D eigenvalue weighted by Gasteiger charge is 2.43. The Morgan fingerprint density at radius 2 is 2.17 bits per heavy atom. The third-order valence-electron chi connectivity index (χ3n) is 3.09. The molecule has 1 unspecified atom stereocenters. The molecule has 0 radical (unpaired) electrons. The lowest BCUT2D eigenvalue weighted by Gasteiger charge is -2.20. The van der Waals surface area contributed by atoms with Crippen LogP contribution in [0.2, 0.25) is 0 Å². The first-order valence-corrected chi connectivity index (χ1v) is 6.29. The molecule has 1 saturated heterocycles. The van der Waals surface area contributed by atoms with Crippen molar-refractivity contribution in [3.05, 3.63) is 34.3 Å². The number of hydrogen-bond donors (Lipinski definition) is 2. The molecule has 5 nitrogen and oxygen atoms in total. The molecule has 1 aromatic carbocycles. The zero-order chi connectivity index (χ0) is 13.3. The minimum absolute atomic E-state index is 0.0493.